The average molecular weight is 196 g/mol. The quantitative estimate of drug-likeness (QED) is 0.669. The van der Waals surface area contributed by atoms with E-state index >= 15 is 0 Å². The van der Waals surface area contributed by atoms with Gasteiger partial charge in [-0.05, 0) is 19.8 Å². The number of hydrogen-bond acceptors (Lipinski definition) is 3. The Morgan fingerprint density at radius 1 is 1.57 bits per heavy atom. The molecule has 14 heavy (non-hydrogen) atoms. The molecule has 5 nitrogen and oxygen atoms in total. The lowest BCUT2D eigenvalue weighted by Gasteiger charge is -2.02. The summed E-state index contributed by atoms with van der Waals surface area (Å²) >= 11 is 0. The highest BCUT2D eigenvalue weighted by molar-refractivity contribution is 5.73. The molecule has 0 atom stereocenters. The summed E-state index contributed by atoms with van der Waals surface area (Å²) in [6.45, 7) is 2.74. The first-order valence-electron chi connectivity index (χ1n) is 4.68. The number of rotatable bonds is 5. The minimum atomic E-state index is -0.248. The van der Waals surface area contributed by atoms with Crippen LogP contribution in [0.3, 0.4) is 0 Å². The van der Waals surface area contributed by atoms with E-state index in [2.05, 4.69) is 5.10 Å². The van der Waals surface area contributed by atoms with E-state index in [0.717, 1.165) is 25.1 Å². The number of nitrogens with two attached hydrogens (primary N) is 2. The third kappa shape index (κ3) is 3.08. The summed E-state index contributed by atoms with van der Waals surface area (Å²) in [5.74, 6) is 0.291. The third-order valence-corrected chi connectivity index (χ3v) is 2.04. The van der Waals surface area contributed by atoms with Gasteiger partial charge in [0.1, 0.15) is 5.82 Å². The van der Waals surface area contributed by atoms with Crippen LogP contribution in [0.25, 0.3) is 0 Å². The zero-order chi connectivity index (χ0) is 10.6. The molecule has 4 N–H and O–H groups in total. The molecule has 0 bridgehead atoms. The molecule has 0 aliphatic heterocycles. The van der Waals surface area contributed by atoms with E-state index in [1.807, 2.05) is 17.7 Å². The molecule has 1 heterocycles. The van der Waals surface area contributed by atoms with Crippen molar-refractivity contribution < 1.29 is 4.79 Å². The fourth-order valence-electron chi connectivity index (χ4n) is 1.32. The van der Waals surface area contributed by atoms with E-state index < -0.39 is 0 Å². The number of hydrogen-bond donors (Lipinski definition) is 2. The van der Waals surface area contributed by atoms with Crippen LogP contribution in [0.5, 0.6) is 0 Å². The maximum atomic E-state index is 10.5. The van der Waals surface area contributed by atoms with Crippen LogP contribution >= 0.6 is 0 Å². The van der Waals surface area contributed by atoms with Crippen molar-refractivity contribution in [3.63, 3.8) is 0 Å². The second-order valence-corrected chi connectivity index (χ2v) is 3.36. The van der Waals surface area contributed by atoms with Crippen molar-refractivity contribution in [3.8, 4) is 0 Å². The second kappa shape index (κ2) is 4.64. The number of carbonyl (C=O) groups excluding carboxylic acids is 1. The van der Waals surface area contributed by atoms with Crippen LogP contribution in [-0.4, -0.2) is 15.7 Å². The summed E-state index contributed by atoms with van der Waals surface area (Å²) in [6, 6.07) is 1.83. The van der Waals surface area contributed by atoms with Gasteiger partial charge in [-0.3, -0.25) is 9.48 Å². The molecule has 0 aliphatic rings. The Labute approximate surface area is 83.1 Å². The minimum absolute atomic E-state index is 0.248. The van der Waals surface area contributed by atoms with Gasteiger partial charge < -0.3 is 11.5 Å². The summed E-state index contributed by atoms with van der Waals surface area (Å²) in [5, 5.41) is 4.11. The number of anilines is 1. The number of aromatic nitrogens is 2. The molecule has 1 amide bonds. The maximum absolute atomic E-state index is 10.5. The van der Waals surface area contributed by atoms with Crippen molar-refractivity contribution in [1.82, 2.24) is 9.78 Å². The van der Waals surface area contributed by atoms with Crippen molar-refractivity contribution in [2.24, 2.45) is 5.73 Å². The van der Waals surface area contributed by atoms with Crippen LogP contribution in [-0.2, 0) is 11.3 Å². The van der Waals surface area contributed by atoms with Crippen molar-refractivity contribution in [2.75, 3.05) is 5.73 Å². The van der Waals surface area contributed by atoms with E-state index in [-0.39, 0.29) is 5.91 Å². The summed E-state index contributed by atoms with van der Waals surface area (Å²) in [4.78, 5) is 10.5. The molecule has 0 unspecified atom stereocenters. The number of nitrogens with zero attached hydrogens (tertiary/aromatic N) is 2. The predicted octanol–water partition coefficient (Wildman–Crippen LogP) is 0.429. The zero-order valence-corrected chi connectivity index (χ0v) is 8.36. The van der Waals surface area contributed by atoms with Gasteiger partial charge >= 0.3 is 0 Å². The molecule has 5 heteroatoms. The van der Waals surface area contributed by atoms with Crippen LogP contribution in [0, 0.1) is 6.92 Å². The molecule has 0 aromatic carbocycles. The molecule has 0 aliphatic carbocycles. The van der Waals surface area contributed by atoms with Crippen molar-refractivity contribution in [3.05, 3.63) is 11.8 Å². The molecule has 1 rings (SSSR count). The summed E-state index contributed by atoms with van der Waals surface area (Å²) in [7, 11) is 0. The van der Waals surface area contributed by atoms with Gasteiger partial charge in [0.05, 0.1) is 0 Å². The predicted molar refractivity (Wildman–Crippen MR) is 54.4 cm³/mol. The van der Waals surface area contributed by atoms with Crippen molar-refractivity contribution >= 4 is 11.7 Å². The number of amides is 1. The SMILES string of the molecule is Cc1cc(N)nn1CCCCC(N)=O. The molecule has 78 valence electrons. The second-order valence-electron chi connectivity index (χ2n) is 3.36. The van der Waals surface area contributed by atoms with Gasteiger partial charge in [-0.25, -0.2) is 0 Å². The third-order valence-electron chi connectivity index (χ3n) is 2.04. The van der Waals surface area contributed by atoms with Crippen LogP contribution in [0.2, 0.25) is 0 Å². The monoisotopic (exact) mass is 196 g/mol. The lowest BCUT2D eigenvalue weighted by Crippen LogP contribution is -2.10. The largest absolute Gasteiger partial charge is 0.382 e. The van der Waals surface area contributed by atoms with Crippen molar-refractivity contribution in [1.29, 1.82) is 0 Å². The number of aryl methyl sites for hydroxylation is 2. The van der Waals surface area contributed by atoms with E-state index in [1.165, 1.54) is 0 Å². The minimum Gasteiger partial charge on any atom is -0.382 e. The standard InChI is InChI=1S/C9H16N4O/c1-7-6-8(10)12-13(7)5-3-2-4-9(11)14/h6H,2-5H2,1H3,(H2,10,12)(H2,11,14). The molecule has 0 saturated heterocycles. The smallest absolute Gasteiger partial charge is 0.217 e. The van der Waals surface area contributed by atoms with Gasteiger partial charge in [0, 0.05) is 24.7 Å². The normalized spacial score (nSPS) is 10.4. The maximum Gasteiger partial charge on any atom is 0.217 e. The van der Waals surface area contributed by atoms with E-state index in [9.17, 15) is 4.79 Å². The van der Waals surface area contributed by atoms with Gasteiger partial charge in [0.15, 0.2) is 0 Å². The number of nitrogen functional groups attached to an aromatic ring is 1. The first-order valence-corrected chi connectivity index (χ1v) is 4.68. The van der Waals surface area contributed by atoms with E-state index in [1.54, 1.807) is 0 Å². The zero-order valence-electron chi connectivity index (χ0n) is 8.36. The van der Waals surface area contributed by atoms with Gasteiger partial charge in [-0.1, -0.05) is 0 Å². The first-order chi connectivity index (χ1) is 6.59. The highest BCUT2D eigenvalue weighted by Crippen LogP contribution is 2.06. The van der Waals surface area contributed by atoms with Crippen molar-refractivity contribution in [2.45, 2.75) is 32.7 Å². The Morgan fingerprint density at radius 3 is 2.79 bits per heavy atom. The van der Waals surface area contributed by atoms with E-state index in [4.69, 9.17) is 11.5 Å². The summed E-state index contributed by atoms with van der Waals surface area (Å²) in [6.07, 6.45) is 2.13. The van der Waals surface area contributed by atoms with Gasteiger partial charge in [0.2, 0.25) is 5.91 Å². The molecule has 1 aromatic rings. The molecule has 0 fully saturated rings. The summed E-state index contributed by atoms with van der Waals surface area (Å²) in [5.41, 5.74) is 11.6. The topological polar surface area (TPSA) is 86.9 Å². The fourth-order valence-corrected chi connectivity index (χ4v) is 1.32. The summed E-state index contributed by atoms with van der Waals surface area (Å²) < 4.78 is 1.84. The lowest BCUT2D eigenvalue weighted by molar-refractivity contribution is -0.118. The molecular formula is C9H16N4O. The van der Waals surface area contributed by atoms with Gasteiger partial charge in [0.25, 0.3) is 0 Å². The lowest BCUT2D eigenvalue weighted by atomic mass is 10.2. The van der Waals surface area contributed by atoms with Crippen LogP contribution in [0.15, 0.2) is 6.07 Å². The molecule has 0 saturated carbocycles. The van der Waals surface area contributed by atoms with Crippen LogP contribution < -0.4 is 11.5 Å². The first kappa shape index (κ1) is 10.6. The molecular weight excluding hydrogens is 180 g/mol. The Balaban J connectivity index is 2.31. The highest BCUT2D eigenvalue weighted by Gasteiger charge is 2.01. The average Bonchev–Trinajstić information content (AvgIpc) is 2.39. The van der Waals surface area contributed by atoms with Gasteiger partial charge in [-0.15, -0.1) is 0 Å². The fraction of sp³-hybridized carbons (Fsp3) is 0.556. The van der Waals surface area contributed by atoms with Crippen LogP contribution in [0.1, 0.15) is 25.0 Å². The highest BCUT2D eigenvalue weighted by atomic mass is 16.1. The number of primary amides is 1. The van der Waals surface area contributed by atoms with Gasteiger partial charge in [-0.2, -0.15) is 5.10 Å². The Morgan fingerprint density at radius 2 is 2.29 bits per heavy atom. The Bertz CT molecular complexity index is 319. The molecule has 1 aromatic heterocycles. The Hall–Kier alpha value is -1.52. The number of carbonyl (C=O) groups is 1. The number of unbranched alkanes of at least 4 members (excludes halogenated alkanes) is 1. The molecule has 0 spiro atoms. The van der Waals surface area contributed by atoms with Crippen LogP contribution in [0.4, 0.5) is 5.82 Å². The molecule has 0 radical (unpaired) electrons. The Kier molecular flexibility index (Phi) is 3.50. The van der Waals surface area contributed by atoms with E-state index in [0.29, 0.717) is 12.2 Å².